The maximum atomic E-state index is 10.9. The zero-order valence-corrected chi connectivity index (χ0v) is 9.96. The van der Waals surface area contributed by atoms with Crippen molar-refractivity contribution >= 4 is 5.97 Å². The minimum Gasteiger partial charge on any atom is -0.493 e. The van der Waals surface area contributed by atoms with Crippen LogP contribution in [0.4, 0.5) is 0 Å². The van der Waals surface area contributed by atoms with Crippen molar-refractivity contribution in [2.24, 2.45) is 0 Å². The van der Waals surface area contributed by atoms with Gasteiger partial charge in [0, 0.05) is 23.5 Å². The molecule has 0 aliphatic rings. The van der Waals surface area contributed by atoms with Gasteiger partial charge < -0.3 is 9.84 Å². The zero-order valence-electron chi connectivity index (χ0n) is 9.96. The van der Waals surface area contributed by atoms with Gasteiger partial charge in [0.2, 0.25) is 0 Å². The molecule has 0 radical (unpaired) electrons. The van der Waals surface area contributed by atoms with Crippen LogP contribution in [0.3, 0.4) is 0 Å². The first-order chi connectivity index (χ1) is 8.72. The molecule has 2 aromatic rings. The molecule has 0 aliphatic carbocycles. The second-order valence-corrected chi connectivity index (χ2v) is 3.70. The number of hydrogen-bond acceptors (Lipinski definition) is 3. The number of pyridine rings is 1. The summed E-state index contributed by atoms with van der Waals surface area (Å²) < 4.78 is 5.52. The third-order valence-electron chi connectivity index (χ3n) is 2.48. The summed E-state index contributed by atoms with van der Waals surface area (Å²) in [6.07, 6.45) is 2.96. The summed E-state index contributed by atoms with van der Waals surface area (Å²) in [6, 6.07) is 9.08. The molecule has 0 saturated heterocycles. The highest BCUT2D eigenvalue weighted by molar-refractivity contribution is 5.89. The van der Waals surface area contributed by atoms with Gasteiger partial charge in [0.1, 0.15) is 5.75 Å². The first-order valence-electron chi connectivity index (χ1n) is 5.63. The Morgan fingerprint density at radius 3 is 2.83 bits per heavy atom. The second kappa shape index (κ2) is 5.31. The number of rotatable bonds is 4. The maximum absolute atomic E-state index is 10.9. The van der Waals surface area contributed by atoms with E-state index in [2.05, 4.69) is 4.98 Å². The lowest BCUT2D eigenvalue weighted by atomic mass is 10.1. The van der Waals surface area contributed by atoms with Crippen LogP contribution in [0, 0.1) is 0 Å². The first kappa shape index (κ1) is 12.1. The van der Waals surface area contributed by atoms with Crippen molar-refractivity contribution in [2.75, 3.05) is 6.61 Å². The van der Waals surface area contributed by atoms with Crippen LogP contribution in [-0.2, 0) is 0 Å². The molecule has 0 spiro atoms. The molecule has 0 aliphatic heterocycles. The molecule has 0 atom stereocenters. The maximum Gasteiger partial charge on any atom is 0.337 e. The molecule has 0 saturated carbocycles. The predicted molar refractivity (Wildman–Crippen MR) is 67.8 cm³/mol. The molecule has 1 aromatic heterocycles. The van der Waals surface area contributed by atoms with Crippen molar-refractivity contribution in [3.8, 4) is 16.9 Å². The molecule has 1 aromatic carbocycles. The first-order valence-corrected chi connectivity index (χ1v) is 5.63. The van der Waals surface area contributed by atoms with Crippen LogP contribution in [-0.4, -0.2) is 22.7 Å². The lowest BCUT2D eigenvalue weighted by molar-refractivity contribution is 0.0696. The fraction of sp³-hybridized carbons (Fsp3) is 0.143. The van der Waals surface area contributed by atoms with E-state index in [1.54, 1.807) is 12.3 Å². The molecule has 1 N–H and O–H groups in total. The summed E-state index contributed by atoms with van der Waals surface area (Å²) in [6.45, 7) is 2.46. The van der Waals surface area contributed by atoms with Gasteiger partial charge in [-0.1, -0.05) is 18.2 Å². The molecule has 18 heavy (non-hydrogen) atoms. The number of carboxylic acids is 1. The number of carbonyl (C=O) groups is 1. The Hall–Kier alpha value is -2.36. The van der Waals surface area contributed by atoms with Crippen molar-refractivity contribution in [1.82, 2.24) is 4.98 Å². The normalized spacial score (nSPS) is 10.1. The van der Waals surface area contributed by atoms with Crippen molar-refractivity contribution in [3.05, 3.63) is 48.3 Å². The van der Waals surface area contributed by atoms with Gasteiger partial charge in [-0.3, -0.25) is 4.98 Å². The molecule has 4 nitrogen and oxygen atoms in total. The van der Waals surface area contributed by atoms with Gasteiger partial charge in [-0.2, -0.15) is 0 Å². The van der Waals surface area contributed by atoms with Gasteiger partial charge in [-0.15, -0.1) is 0 Å². The molecule has 0 bridgehead atoms. The standard InChI is InChI=1S/C14H13NO3/c1-2-18-13-6-4-3-5-12(13)10-7-11(14(16)17)9-15-8-10/h3-9H,2H2,1H3,(H,16,17). The highest BCUT2D eigenvalue weighted by atomic mass is 16.5. The number of carboxylic acid groups (broad SMARTS) is 1. The largest absolute Gasteiger partial charge is 0.493 e. The van der Waals surface area contributed by atoms with E-state index in [4.69, 9.17) is 9.84 Å². The van der Waals surface area contributed by atoms with Crippen LogP contribution in [0.25, 0.3) is 11.1 Å². The average Bonchev–Trinajstić information content (AvgIpc) is 2.40. The summed E-state index contributed by atoms with van der Waals surface area (Å²) in [4.78, 5) is 14.9. The molecule has 0 fully saturated rings. The fourth-order valence-corrected chi connectivity index (χ4v) is 1.69. The Morgan fingerprint density at radius 1 is 1.33 bits per heavy atom. The van der Waals surface area contributed by atoms with E-state index in [9.17, 15) is 4.79 Å². The third kappa shape index (κ3) is 2.48. The summed E-state index contributed by atoms with van der Waals surface area (Å²) in [5, 5.41) is 8.96. The van der Waals surface area contributed by atoms with Crippen LogP contribution in [0.15, 0.2) is 42.7 Å². The van der Waals surface area contributed by atoms with Gasteiger partial charge in [-0.05, 0) is 19.1 Å². The lowest BCUT2D eigenvalue weighted by Gasteiger charge is -2.10. The lowest BCUT2D eigenvalue weighted by Crippen LogP contribution is -1.98. The number of hydrogen-bond donors (Lipinski definition) is 1. The Kier molecular flexibility index (Phi) is 3.57. The molecule has 4 heteroatoms. The van der Waals surface area contributed by atoms with Crippen molar-refractivity contribution < 1.29 is 14.6 Å². The molecule has 0 amide bonds. The second-order valence-electron chi connectivity index (χ2n) is 3.70. The Labute approximate surface area is 105 Å². The fourth-order valence-electron chi connectivity index (χ4n) is 1.69. The number of benzene rings is 1. The van der Waals surface area contributed by atoms with Crippen molar-refractivity contribution in [1.29, 1.82) is 0 Å². The topological polar surface area (TPSA) is 59.4 Å². The van der Waals surface area contributed by atoms with Crippen molar-refractivity contribution in [2.45, 2.75) is 6.92 Å². The number of aromatic carboxylic acids is 1. The summed E-state index contributed by atoms with van der Waals surface area (Å²) in [5.41, 5.74) is 1.74. The number of aromatic nitrogens is 1. The van der Waals surface area contributed by atoms with Gasteiger partial charge >= 0.3 is 5.97 Å². The minimum atomic E-state index is -0.988. The van der Waals surface area contributed by atoms with Gasteiger partial charge in [0.05, 0.1) is 12.2 Å². The predicted octanol–water partition coefficient (Wildman–Crippen LogP) is 2.85. The van der Waals surface area contributed by atoms with Gasteiger partial charge in [0.15, 0.2) is 0 Å². The van der Waals surface area contributed by atoms with Crippen molar-refractivity contribution in [3.63, 3.8) is 0 Å². The van der Waals surface area contributed by atoms with E-state index in [0.717, 1.165) is 16.9 Å². The number of para-hydroxylation sites is 1. The van der Waals surface area contributed by atoms with E-state index in [1.807, 2.05) is 31.2 Å². The van der Waals surface area contributed by atoms with Gasteiger partial charge in [-0.25, -0.2) is 4.79 Å². The SMILES string of the molecule is CCOc1ccccc1-c1cncc(C(=O)O)c1. The summed E-state index contributed by atoms with van der Waals surface area (Å²) >= 11 is 0. The smallest absolute Gasteiger partial charge is 0.337 e. The number of ether oxygens (including phenoxy) is 1. The summed E-state index contributed by atoms with van der Waals surface area (Å²) in [5.74, 6) is -0.262. The molecular formula is C14H13NO3. The minimum absolute atomic E-state index is 0.166. The van der Waals surface area contributed by atoms with Crippen LogP contribution in [0.5, 0.6) is 5.75 Å². The van der Waals surface area contributed by atoms with E-state index in [-0.39, 0.29) is 5.56 Å². The zero-order chi connectivity index (χ0) is 13.0. The molecule has 0 unspecified atom stereocenters. The molecular weight excluding hydrogens is 230 g/mol. The average molecular weight is 243 g/mol. The Bertz CT molecular complexity index is 566. The van der Waals surface area contributed by atoms with E-state index in [1.165, 1.54) is 6.20 Å². The quantitative estimate of drug-likeness (QED) is 0.897. The third-order valence-corrected chi connectivity index (χ3v) is 2.48. The number of nitrogens with zero attached hydrogens (tertiary/aromatic N) is 1. The Balaban J connectivity index is 2.48. The van der Waals surface area contributed by atoms with Crippen LogP contribution < -0.4 is 4.74 Å². The van der Waals surface area contributed by atoms with Crippen LogP contribution in [0.1, 0.15) is 17.3 Å². The molecule has 1 heterocycles. The van der Waals surface area contributed by atoms with E-state index >= 15 is 0 Å². The monoisotopic (exact) mass is 243 g/mol. The highest BCUT2D eigenvalue weighted by Gasteiger charge is 2.09. The van der Waals surface area contributed by atoms with E-state index < -0.39 is 5.97 Å². The van der Waals surface area contributed by atoms with Crippen LogP contribution in [0.2, 0.25) is 0 Å². The highest BCUT2D eigenvalue weighted by Crippen LogP contribution is 2.29. The van der Waals surface area contributed by atoms with Crippen LogP contribution >= 0.6 is 0 Å². The molecule has 2 rings (SSSR count). The summed E-state index contributed by atoms with van der Waals surface area (Å²) in [7, 11) is 0. The molecule has 92 valence electrons. The van der Waals surface area contributed by atoms with Gasteiger partial charge in [0.25, 0.3) is 0 Å². The Morgan fingerprint density at radius 2 is 2.11 bits per heavy atom. The van der Waals surface area contributed by atoms with E-state index in [0.29, 0.717) is 6.61 Å².